The van der Waals surface area contributed by atoms with Crippen LogP contribution < -0.4 is 20.7 Å². The Morgan fingerprint density at radius 2 is 1.06 bits per heavy atom. The lowest BCUT2D eigenvalue weighted by atomic mass is 9.88. The van der Waals surface area contributed by atoms with Crippen LogP contribution in [0.2, 0.25) is 6.32 Å². The van der Waals surface area contributed by atoms with Gasteiger partial charge in [0.05, 0.1) is 11.1 Å². The van der Waals surface area contributed by atoms with Crippen LogP contribution in [-0.2, 0) is 16.0 Å². The molecule has 50 heavy (non-hydrogen) atoms. The summed E-state index contributed by atoms with van der Waals surface area (Å²) in [6.45, 7) is 6.42. The molecule has 0 amide bonds. The molecule has 2 N–H and O–H groups in total. The van der Waals surface area contributed by atoms with Gasteiger partial charge in [-0.2, -0.15) is 0 Å². The second kappa shape index (κ2) is 17.4. The molecule has 0 atom stereocenters. The van der Waals surface area contributed by atoms with Crippen LogP contribution >= 0.6 is 15.9 Å². The first kappa shape index (κ1) is 37.5. The van der Waals surface area contributed by atoms with Crippen molar-refractivity contribution in [2.75, 3.05) is 0 Å². The molecule has 4 aromatic carbocycles. The molecular weight excluding hydrogens is 707 g/mol. The van der Waals surface area contributed by atoms with E-state index in [-0.39, 0.29) is 0 Å². The van der Waals surface area contributed by atoms with Crippen molar-refractivity contribution in [1.82, 2.24) is 0 Å². The fraction of sp³-hybridized carbons (Fsp3) is 0.158. The number of carbonyl (C=O) groups excluding carboxylic acids is 2. The highest BCUT2D eigenvalue weighted by Crippen LogP contribution is 2.27. The summed E-state index contributed by atoms with van der Waals surface area (Å²) in [5.74, 6) is -0.139. The van der Waals surface area contributed by atoms with Crippen LogP contribution in [0.15, 0.2) is 120 Å². The number of carbonyl (C=O) groups is 2. The molecular formula is C38H34BBrO10. The van der Waals surface area contributed by atoms with E-state index in [0.29, 0.717) is 40.1 Å². The first-order valence-electron chi connectivity index (χ1n) is 15.6. The number of fused-ring (bicyclic) bond motifs is 2. The Bertz CT molecular complexity index is 2220. The number of halogens is 1. The van der Waals surface area contributed by atoms with Crippen LogP contribution in [0.3, 0.4) is 0 Å². The van der Waals surface area contributed by atoms with Gasteiger partial charge in [-0.15, -0.1) is 0 Å². The second-order valence-electron chi connectivity index (χ2n) is 10.9. The summed E-state index contributed by atoms with van der Waals surface area (Å²) >= 11 is 3.36. The molecule has 0 radical (unpaired) electrons. The van der Waals surface area contributed by atoms with Gasteiger partial charge in [-0.1, -0.05) is 66.2 Å². The van der Waals surface area contributed by atoms with E-state index in [1.807, 2.05) is 48.5 Å². The van der Waals surface area contributed by atoms with Crippen LogP contribution in [0.25, 0.3) is 44.2 Å². The normalized spacial score (nSPS) is 10.4. The van der Waals surface area contributed by atoms with Crippen molar-refractivity contribution < 1.29 is 37.9 Å². The van der Waals surface area contributed by atoms with Crippen LogP contribution in [0.4, 0.5) is 0 Å². The summed E-state index contributed by atoms with van der Waals surface area (Å²) in [6, 6.07) is 28.7. The van der Waals surface area contributed by atoms with Crippen molar-refractivity contribution in [2.24, 2.45) is 0 Å². The van der Waals surface area contributed by atoms with Crippen molar-refractivity contribution in [3.05, 3.63) is 128 Å². The van der Waals surface area contributed by atoms with Gasteiger partial charge in [-0.3, -0.25) is 9.59 Å². The Labute approximate surface area is 296 Å². The molecule has 10 nitrogen and oxygen atoms in total. The summed E-state index contributed by atoms with van der Waals surface area (Å²) in [7, 11) is -1.12. The zero-order valence-corrected chi connectivity index (χ0v) is 29.4. The average Bonchev–Trinajstić information content (AvgIpc) is 3.08. The van der Waals surface area contributed by atoms with Crippen molar-refractivity contribution in [2.45, 2.75) is 40.4 Å². The minimum Gasteiger partial charge on any atom is -0.427 e. The minimum absolute atomic E-state index is 0.347. The smallest absolute Gasteiger partial charge is 0.427 e. The van der Waals surface area contributed by atoms with Crippen LogP contribution in [0.1, 0.15) is 33.3 Å². The summed E-state index contributed by atoms with van der Waals surface area (Å²) < 4.78 is 21.6. The molecule has 2 heterocycles. The molecule has 0 unspecified atom stereocenters. The molecule has 256 valence electrons. The highest BCUT2D eigenvalue weighted by molar-refractivity contribution is 9.10. The zero-order chi connectivity index (χ0) is 36.4. The number of aryl methyl sites for hydroxylation is 1. The van der Waals surface area contributed by atoms with E-state index >= 15 is 0 Å². The molecule has 6 aromatic rings. The van der Waals surface area contributed by atoms with Crippen molar-refractivity contribution in [1.29, 1.82) is 0 Å². The van der Waals surface area contributed by atoms with E-state index in [9.17, 15) is 19.2 Å². The quantitative estimate of drug-likeness (QED) is 0.0756. The maximum absolute atomic E-state index is 12.2. The third kappa shape index (κ3) is 10.4. The number of rotatable bonds is 6. The molecule has 0 bridgehead atoms. The Hall–Kier alpha value is -5.30. The van der Waals surface area contributed by atoms with E-state index in [0.717, 1.165) is 32.8 Å². The van der Waals surface area contributed by atoms with Gasteiger partial charge in [-0.05, 0) is 78.0 Å². The maximum Gasteiger partial charge on any atom is 0.451 e. The molecule has 0 aliphatic rings. The SMILES string of the molecule is CC(=O)Oc1ccc2cc(-c3ccc(Br)cc3)c(=O)oc2c1.CCB(O)O.CCc1ccc(-c2cc3ccc(OC(C)=O)cc3oc2=O)cc1. The molecule has 12 heteroatoms. The third-order valence-electron chi connectivity index (χ3n) is 7.13. The van der Waals surface area contributed by atoms with Gasteiger partial charge in [0.1, 0.15) is 22.7 Å². The molecule has 0 spiro atoms. The fourth-order valence-electron chi connectivity index (χ4n) is 4.59. The predicted octanol–water partition coefficient (Wildman–Crippen LogP) is 7.57. The standard InChI is InChI=1S/C19H16O4.C17H11BrO4.C2H7BO2/c1-3-13-4-6-14(7-5-13)17-10-15-8-9-16(22-12(2)20)11-18(15)23-19(17)21;1-10(19)21-14-7-4-12-8-15(17(20)22-16(12)9-14)11-2-5-13(18)6-3-11;1-2-3(4)5/h4-11H,3H2,1-2H3;2-9H,1H3;4-5H,2H2,1H3. The van der Waals surface area contributed by atoms with Crippen molar-refractivity contribution >= 4 is 56.9 Å². The van der Waals surface area contributed by atoms with Gasteiger partial charge in [0.2, 0.25) is 0 Å². The van der Waals surface area contributed by atoms with Gasteiger partial charge >= 0.3 is 30.3 Å². The number of ether oxygens (including phenoxy) is 2. The van der Waals surface area contributed by atoms with E-state index in [4.69, 9.17) is 28.4 Å². The van der Waals surface area contributed by atoms with E-state index in [1.54, 1.807) is 49.4 Å². The molecule has 0 aliphatic carbocycles. The fourth-order valence-corrected chi connectivity index (χ4v) is 4.86. The Morgan fingerprint density at radius 1 is 0.660 bits per heavy atom. The van der Waals surface area contributed by atoms with E-state index in [2.05, 4.69) is 22.9 Å². The molecule has 2 aromatic heterocycles. The lowest BCUT2D eigenvalue weighted by Crippen LogP contribution is -2.06. The number of hydrogen-bond donors (Lipinski definition) is 2. The van der Waals surface area contributed by atoms with Crippen LogP contribution in [0.5, 0.6) is 11.5 Å². The van der Waals surface area contributed by atoms with Gasteiger partial charge in [0.15, 0.2) is 0 Å². The lowest BCUT2D eigenvalue weighted by Gasteiger charge is -2.05. The summed E-state index contributed by atoms with van der Waals surface area (Å²) in [5.41, 5.74) is 3.74. The van der Waals surface area contributed by atoms with Crippen molar-refractivity contribution in [3.8, 4) is 33.8 Å². The monoisotopic (exact) mass is 740 g/mol. The summed E-state index contributed by atoms with van der Waals surface area (Å²) in [4.78, 5) is 46.4. The van der Waals surface area contributed by atoms with E-state index < -0.39 is 30.3 Å². The highest BCUT2D eigenvalue weighted by Gasteiger charge is 2.11. The Balaban J connectivity index is 0.000000198. The maximum atomic E-state index is 12.2. The molecule has 6 rings (SSSR count). The first-order chi connectivity index (χ1) is 23.9. The Morgan fingerprint density at radius 3 is 1.42 bits per heavy atom. The predicted molar refractivity (Wildman–Crippen MR) is 196 cm³/mol. The summed E-state index contributed by atoms with van der Waals surface area (Å²) in [5, 5.41) is 17.4. The number of hydrogen-bond acceptors (Lipinski definition) is 10. The van der Waals surface area contributed by atoms with Gasteiger partial charge < -0.3 is 28.4 Å². The first-order valence-corrected chi connectivity index (χ1v) is 16.4. The third-order valence-corrected chi connectivity index (χ3v) is 7.66. The van der Waals surface area contributed by atoms with E-state index in [1.165, 1.54) is 25.5 Å². The average molecular weight is 741 g/mol. The van der Waals surface area contributed by atoms with Crippen LogP contribution in [-0.4, -0.2) is 29.1 Å². The molecule has 0 aliphatic heterocycles. The van der Waals surface area contributed by atoms with Gasteiger partial charge in [0.25, 0.3) is 0 Å². The van der Waals surface area contributed by atoms with Crippen molar-refractivity contribution in [3.63, 3.8) is 0 Å². The van der Waals surface area contributed by atoms with Gasteiger partial charge in [0, 0.05) is 41.2 Å². The summed E-state index contributed by atoms with van der Waals surface area (Å²) in [6.07, 6.45) is 1.37. The second-order valence-corrected chi connectivity index (χ2v) is 11.8. The highest BCUT2D eigenvalue weighted by atomic mass is 79.9. The molecule has 0 fully saturated rings. The topological polar surface area (TPSA) is 153 Å². The van der Waals surface area contributed by atoms with Gasteiger partial charge in [-0.25, -0.2) is 9.59 Å². The Kier molecular flexibility index (Phi) is 13.0. The number of benzene rings is 4. The minimum atomic E-state index is -1.12. The number of esters is 2. The largest absolute Gasteiger partial charge is 0.451 e. The molecule has 0 saturated carbocycles. The lowest BCUT2D eigenvalue weighted by molar-refractivity contribution is -0.132. The molecule has 0 saturated heterocycles. The zero-order valence-electron chi connectivity index (χ0n) is 27.8. The van der Waals surface area contributed by atoms with Crippen LogP contribution in [0, 0.1) is 0 Å².